The zero-order chi connectivity index (χ0) is 18.6. The molecule has 3 aromatic rings. The molecule has 0 atom stereocenters. The molecule has 4 nitrogen and oxygen atoms in total. The summed E-state index contributed by atoms with van der Waals surface area (Å²) in [6.45, 7) is 1.57. The summed E-state index contributed by atoms with van der Waals surface area (Å²) in [6, 6.07) is 16.0. The number of methoxy groups -OCH3 is 1. The van der Waals surface area contributed by atoms with Gasteiger partial charge in [-0.3, -0.25) is 4.79 Å². The Kier molecular flexibility index (Phi) is 5.21. The van der Waals surface area contributed by atoms with E-state index in [2.05, 4.69) is 18.2 Å². The number of carbonyl (C=O) groups excluding carboxylic acids is 1. The van der Waals surface area contributed by atoms with E-state index in [-0.39, 0.29) is 5.91 Å². The second-order valence-corrected chi connectivity index (χ2v) is 7.79. The molecule has 0 bridgehead atoms. The first-order valence-corrected chi connectivity index (χ1v) is 10.0. The van der Waals surface area contributed by atoms with Crippen LogP contribution in [0.5, 0.6) is 5.75 Å². The van der Waals surface area contributed by atoms with Crippen molar-refractivity contribution in [2.45, 2.75) is 18.8 Å². The smallest absolute Gasteiger partial charge is 0.246 e. The molecule has 1 fully saturated rings. The number of hydrogen-bond acceptors (Lipinski definition) is 4. The van der Waals surface area contributed by atoms with Gasteiger partial charge in [0.15, 0.2) is 0 Å². The van der Waals surface area contributed by atoms with Gasteiger partial charge in [0, 0.05) is 25.1 Å². The molecule has 1 amide bonds. The molecule has 5 heteroatoms. The molecule has 0 aliphatic carbocycles. The van der Waals surface area contributed by atoms with Gasteiger partial charge in [0.1, 0.15) is 5.75 Å². The van der Waals surface area contributed by atoms with Crippen LogP contribution in [0.3, 0.4) is 0 Å². The Morgan fingerprint density at radius 2 is 1.89 bits per heavy atom. The number of benzene rings is 2. The van der Waals surface area contributed by atoms with Crippen LogP contribution in [0.4, 0.5) is 0 Å². The number of carbonyl (C=O) groups is 1. The molecule has 1 saturated heterocycles. The zero-order valence-electron chi connectivity index (χ0n) is 15.3. The summed E-state index contributed by atoms with van der Waals surface area (Å²) in [6.07, 6.45) is 5.48. The van der Waals surface area contributed by atoms with Crippen LogP contribution in [-0.2, 0) is 4.79 Å². The lowest BCUT2D eigenvalue weighted by molar-refractivity contribution is -0.126. The Bertz CT molecular complexity index is 921. The summed E-state index contributed by atoms with van der Waals surface area (Å²) >= 11 is 1.79. The highest BCUT2D eigenvalue weighted by Crippen LogP contribution is 2.33. The summed E-state index contributed by atoms with van der Waals surface area (Å²) in [7, 11) is 1.65. The van der Waals surface area contributed by atoms with Gasteiger partial charge in [0.2, 0.25) is 5.91 Å². The minimum absolute atomic E-state index is 0.0774. The molecule has 1 aromatic heterocycles. The number of nitrogens with zero attached hydrogens (tertiary/aromatic N) is 2. The fraction of sp³-hybridized carbons (Fsp3) is 0.273. The second-order valence-electron chi connectivity index (χ2n) is 6.73. The van der Waals surface area contributed by atoms with Gasteiger partial charge in [0.25, 0.3) is 0 Å². The average Bonchev–Trinajstić information content (AvgIpc) is 3.17. The van der Waals surface area contributed by atoms with E-state index in [4.69, 9.17) is 9.72 Å². The summed E-state index contributed by atoms with van der Waals surface area (Å²) in [5, 5.41) is 1.21. The normalized spacial score (nSPS) is 15.5. The van der Waals surface area contributed by atoms with Gasteiger partial charge >= 0.3 is 0 Å². The van der Waals surface area contributed by atoms with Crippen molar-refractivity contribution in [2.75, 3.05) is 20.2 Å². The molecule has 0 saturated carbocycles. The maximum absolute atomic E-state index is 12.5. The fourth-order valence-corrected chi connectivity index (χ4v) is 4.54. The van der Waals surface area contributed by atoms with Crippen molar-refractivity contribution in [3.8, 4) is 5.75 Å². The molecular formula is C22H22N2O2S. The van der Waals surface area contributed by atoms with E-state index in [1.165, 1.54) is 9.71 Å². The van der Waals surface area contributed by atoms with E-state index in [0.717, 1.165) is 42.8 Å². The summed E-state index contributed by atoms with van der Waals surface area (Å²) in [5.74, 6) is 1.35. The Morgan fingerprint density at radius 3 is 2.59 bits per heavy atom. The molecule has 0 unspecified atom stereocenters. The number of amides is 1. The molecule has 4 rings (SSSR count). The quantitative estimate of drug-likeness (QED) is 0.617. The largest absolute Gasteiger partial charge is 0.497 e. The van der Waals surface area contributed by atoms with Crippen molar-refractivity contribution in [1.29, 1.82) is 0 Å². The van der Waals surface area contributed by atoms with Gasteiger partial charge in [-0.1, -0.05) is 24.3 Å². The number of piperidine rings is 1. The molecule has 138 valence electrons. The predicted molar refractivity (Wildman–Crippen MR) is 110 cm³/mol. The Hall–Kier alpha value is -2.66. The third kappa shape index (κ3) is 4.03. The molecule has 2 heterocycles. The lowest BCUT2D eigenvalue weighted by Crippen LogP contribution is -2.36. The number of fused-ring (bicyclic) bond motifs is 1. The van der Waals surface area contributed by atoms with E-state index in [9.17, 15) is 4.79 Å². The van der Waals surface area contributed by atoms with Crippen LogP contribution in [0.1, 0.15) is 29.3 Å². The van der Waals surface area contributed by atoms with Crippen LogP contribution in [0.2, 0.25) is 0 Å². The van der Waals surface area contributed by atoms with Crippen molar-refractivity contribution < 1.29 is 9.53 Å². The van der Waals surface area contributed by atoms with E-state index in [1.54, 1.807) is 24.5 Å². The maximum Gasteiger partial charge on any atom is 0.246 e. The third-order valence-electron chi connectivity index (χ3n) is 5.00. The van der Waals surface area contributed by atoms with Crippen LogP contribution < -0.4 is 4.74 Å². The van der Waals surface area contributed by atoms with Crippen molar-refractivity contribution in [3.63, 3.8) is 0 Å². The highest BCUT2D eigenvalue weighted by molar-refractivity contribution is 7.18. The second kappa shape index (κ2) is 7.92. The number of rotatable bonds is 4. The molecular weight excluding hydrogens is 356 g/mol. The van der Waals surface area contributed by atoms with E-state index in [1.807, 2.05) is 41.3 Å². The van der Waals surface area contributed by atoms with Gasteiger partial charge in [0.05, 0.1) is 22.3 Å². The van der Waals surface area contributed by atoms with Crippen molar-refractivity contribution in [2.24, 2.45) is 0 Å². The molecule has 27 heavy (non-hydrogen) atoms. The standard InChI is InChI=1S/C22H22N2O2S/c1-26-18-9-6-16(7-10-18)8-11-21(25)24-14-12-17(13-15-24)22-23-19-4-2-3-5-20(19)27-22/h2-11,17H,12-15H2,1H3/b11-8+. The number of likely N-dealkylation sites (tertiary alicyclic amines) is 1. The van der Waals surface area contributed by atoms with Crippen LogP contribution in [0, 0.1) is 0 Å². The lowest BCUT2D eigenvalue weighted by Gasteiger charge is -2.30. The van der Waals surface area contributed by atoms with Gasteiger partial charge in [-0.15, -0.1) is 11.3 Å². The first-order chi connectivity index (χ1) is 13.2. The Morgan fingerprint density at radius 1 is 1.15 bits per heavy atom. The maximum atomic E-state index is 12.5. The Labute approximate surface area is 163 Å². The highest BCUT2D eigenvalue weighted by Gasteiger charge is 2.24. The molecule has 0 spiro atoms. The monoisotopic (exact) mass is 378 g/mol. The number of para-hydroxylation sites is 1. The summed E-state index contributed by atoms with van der Waals surface area (Å²) in [4.78, 5) is 19.2. The summed E-state index contributed by atoms with van der Waals surface area (Å²) in [5.41, 5.74) is 2.08. The van der Waals surface area contributed by atoms with Crippen LogP contribution >= 0.6 is 11.3 Å². The zero-order valence-corrected chi connectivity index (χ0v) is 16.1. The number of hydrogen-bond donors (Lipinski definition) is 0. The van der Waals surface area contributed by atoms with Crippen LogP contribution in [0.15, 0.2) is 54.6 Å². The molecule has 2 aromatic carbocycles. The topological polar surface area (TPSA) is 42.4 Å². The van der Waals surface area contributed by atoms with E-state index in [0.29, 0.717) is 5.92 Å². The van der Waals surface area contributed by atoms with Gasteiger partial charge in [-0.25, -0.2) is 4.98 Å². The van der Waals surface area contributed by atoms with Gasteiger partial charge in [-0.2, -0.15) is 0 Å². The van der Waals surface area contributed by atoms with Crippen LogP contribution in [0.25, 0.3) is 16.3 Å². The fourth-order valence-electron chi connectivity index (χ4n) is 3.40. The Balaban J connectivity index is 1.35. The summed E-state index contributed by atoms with van der Waals surface area (Å²) < 4.78 is 6.40. The van der Waals surface area contributed by atoms with E-state index < -0.39 is 0 Å². The first kappa shape index (κ1) is 17.7. The van der Waals surface area contributed by atoms with Gasteiger partial charge in [-0.05, 0) is 48.7 Å². The minimum atomic E-state index is 0.0774. The predicted octanol–water partition coefficient (Wildman–Crippen LogP) is 4.72. The van der Waals surface area contributed by atoms with Crippen molar-refractivity contribution in [3.05, 3.63) is 65.2 Å². The SMILES string of the molecule is COc1ccc(/C=C/C(=O)N2CCC(c3nc4ccccc4s3)CC2)cc1. The van der Waals surface area contributed by atoms with Crippen molar-refractivity contribution in [1.82, 2.24) is 9.88 Å². The highest BCUT2D eigenvalue weighted by atomic mass is 32.1. The molecule has 0 radical (unpaired) electrons. The molecule has 1 aliphatic rings. The first-order valence-electron chi connectivity index (χ1n) is 9.19. The minimum Gasteiger partial charge on any atom is -0.497 e. The molecule has 1 aliphatic heterocycles. The number of aromatic nitrogens is 1. The van der Waals surface area contributed by atoms with Crippen LogP contribution in [-0.4, -0.2) is 36.0 Å². The van der Waals surface area contributed by atoms with Gasteiger partial charge < -0.3 is 9.64 Å². The number of thiazole rings is 1. The van der Waals surface area contributed by atoms with E-state index >= 15 is 0 Å². The van der Waals surface area contributed by atoms with Crippen molar-refractivity contribution >= 4 is 33.5 Å². The molecule has 0 N–H and O–H groups in total. The lowest BCUT2D eigenvalue weighted by atomic mass is 9.97. The third-order valence-corrected chi connectivity index (χ3v) is 6.20. The average molecular weight is 378 g/mol. The number of ether oxygens (including phenoxy) is 1.